The monoisotopic (exact) mass is 340 g/mol. The van der Waals surface area contributed by atoms with Crippen molar-refractivity contribution in [1.82, 2.24) is 0 Å². The number of benzene rings is 1. The van der Waals surface area contributed by atoms with Crippen LogP contribution in [0.4, 0.5) is 0 Å². The van der Waals surface area contributed by atoms with E-state index in [1.54, 1.807) is 6.07 Å². The van der Waals surface area contributed by atoms with E-state index in [0.29, 0.717) is 12.0 Å². The van der Waals surface area contributed by atoms with Crippen molar-refractivity contribution in [3.63, 3.8) is 0 Å². The average Bonchev–Trinajstić information content (AvgIpc) is 2.25. The molecule has 0 fully saturated rings. The second kappa shape index (κ2) is 6.57. The minimum absolute atomic E-state index is 0.264. The molecule has 1 aromatic rings. The van der Waals surface area contributed by atoms with Gasteiger partial charge in [-0.15, -0.1) is 11.8 Å². The van der Waals surface area contributed by atoms with Crippen LogP contribution in [0.25, 0.3) is 0 Å². The fraction of sp³-hybridized carbons (Fsp3) is 0.462. The third-order valence-electron chi connectivity index (χ3n) is 2.50. The van der Waals surface area contributed by atoms with Crippen LogP contribution < -0.4 is 0 Å². The lowest BCUT2D eigenvalue weighted by Gasteiger charge is -2.21. The van der Waals surface area contributed by atoms with E-state index in [-0.39, 0.29) is 10.8 Å². The van der Waals surface area contributed by atoms with Gasteiger partial charge in [0.1, 0.15) is 0 Å². The molecule has 1 aromatic carbocycles. The molecule has 2 nitrogen and oxygen atoms in total. The molecule has 0 aliphatic rings. The van der Waals surface area contributed by atoms with Crippen LogP contribution in [0.2, 0.25) is 0 Å². The molecule has 106 valence electrons. The van der Waals surface area contributed by atoms with Gasteiger partial charge >= 0.3 is 5.97 Å². The molecule has 0 unspecified atom stereocenters. The predicted octanol–water partition coefficient (Wildman–Crippen LogP) is 5.27. The Labute approximate surface area is 132 Å². The second-order valence-corrected chi connectivity index (χ2v) is 8.16. The van der Waals surface area contributed by atoms with E-state index in [0.717, 1.165) is 10.5 Å². The van der Waals surface area contributed by atoms with Crippen molar-refractivity contribution in [3.05, 3.63) is 28.8 Å². The standard InChI is InChI=1S/C13H15Cl3O2S/c1-4-8-9(12(17)18)5-6-10(13(14,15)16)11(8)19-7(2)3/h5-7H,4H2,1-3H3,(H,17,18). The van der Waals surface area contributed by atoms with Crippen LogP contribution in [0.15, 0.2) is 17.0 Å². The van der Waals surface area contributed by atoms with Crippen molar-refractivity contribution < 1.29 is 9.90 Å². The molecular formula is C13H15Cl3O2S. The summed E-state index contributed by atoms with van der Waals surface area (Å²) >= 11 is 19.5. The SMILES string of the molecule is CCc1c(C(=O)O)ccc(C(Cl)(Cl)Cl)c1SC(C)C. The summed E-state index contributed by atoms with van der Waals surface area (Å²) in [5.41, 5.74) is 1.52. The first-order valence-corrected chi connectivity index (χ1v) is 7.82. The van der Waals surface area contributed by atoms with Crippen LogP contribution in [0.1, 0.15) is 42.3 Å². The van der Waals surface area contributed by atoms with Gasteiger partial charge in [0.15, 0.2) is 0 Å². The van der Waals surface area contributed by atoms with Crippen LogP contribution >= 0.6 is 46.6 Å². The van der Waals surface area contributed by atoms with Crippen molar-refractivity contribution >= 4 is 52.5 Å². The molecule has 0 spiro atoms. The van der Waals surface area contributed by atoms with Gasteiger partial charge < -0.3 is 5.11 Å². The highest BCUT2D eigenvalue weighted by molar-refractivity contribution is 8.00. The summed E-state index contributed by atoms with van der Waals surface area (Å²) in [6, 6.07) is 3.09. The Balaban J connectivity index is 3.55. The van der Waals surface area contributed by atoms with Crippen molar-refractivity contribution in [1.29, 1.82) is 0 Å². The molecule has 0 bridgehead atoms. The zero-order valence-electron chi connectivity index (χ0n) is 10.8. The van der Waals surface area contributed by atoms with Crippen molar-refractivity contribution in [3.8, 4) is 0 Å². The molecule has 19 heavy (non-hydrogen) atoms. The molecular weight excluding hydrogens is 327 g/mol. The molecule has 1 N–H and O–H groups in total. The van der Waals surface area contributed by atoms with Gasteiger partial charge in [-0.3, -0.25) is 0 Å². The molecule has 0 amide bonds. The van der Waals surface area contributed by atoms with E-state index in [1.165, 1.54) is 17.8 Å². The zero-order chi connectivity index (χ0) is 14.8. The Morgan fingerprint density at radius 3 is 2.32 bits per heavy atom. The van der Waals surface area contributed by atoms with Crippen molar-refractivity contribution in [2.75, 3.05) is 0 Å². The van der Waals surface area contributed by atoms with Crippen LogP contribution in [0.3, 0.4) is 0 Å². The van der Waals surface area contributed by atoms with E-state index in [1.807, 2.05) is 20.8 Å². The minimum Gasteiger partial charge on any atom is -0.478 e. The molecule has 1 rings (SSSR count). The fourth-order valence-electron chi connectivity index (χ4n) is 1.77. The van der Waals surface area contributed by atoms with Crippen molar-refractivity contribution in [2.45, 2.75) is 41.1 Å². The van der Waals surface area contributed by atoms with Gasteiger partial charge in [-0.25, -0.2) is 4.79 Å². The van der Waals surface area contributed by atoms with Gasteiger partial charge in [0, 0.05) is 15.7 Å². The van der Waals surface area contributed by atoms with E-state index < -0.39 is 9.76 Å². The number of thioether (sulfide) groups is 1. The molecule has 6 heteroatoms. The topological polar surface area (TPSA) is 37.3 Å². The number of alkyl halides is 3. The average molecular weight is 342 g/mol. The Morgan fingerprint density at radius 2 is 1.95 bits per heavy atom. The second-order valence-electron chi connectivity index (χ2n) is 4.29. The number of halogens is 3. The number of hydrogen-bond donors (Lipinski definition) is 1. The fourth-order valence-corrected chi connectivity index (χ4v) is 3.63. The molecule has 0 aliphatic heterocycles. The first-order valence-electron chi connectivity index (χ1n) is 5.81. The quantitative estimate of drug-likeness (QED) is 0.598. The van der Waals surface area contributed by atoms with Crippen LogP contribution in [0, 0.1) is 0 Å². The number of carboxylic acid groups (broad SMARTS) is 1. The summed E-state index contributed by atoms with van der Waals surface area (Å²) in [6.07, 6.45) is 0.575. The molecule has 0 atom stereocenters. The van der Waals surface area contributed by atoms with Crippen LogP contribution in [-0.2, 0) is 10.2 Å². The van der Waals surface area contributed by atoms with Crippen LogP contribution in [0.5, 0.6) is 0 Å². The van der Waals surface area contributed by atoms with E-state index >= 15 is 0 Å². The maximum Gasteiger partial charge on any atom is 0.336 e. The van der Waals surface area contributed by atoms with Gasteiger partial charge in [0.2, 0.25) is 3.79 Å². The number of carbonyl (C=O) groups is 1. The summed E-state index contributed by atoms with van der Waals surface area (Å²) in [4.78, 5) is 12.0. The molecule has 0 radical (unpaired) electrons. The maximum absolute atomic E-state index is 11.3. The molecule has 0 saturated carbocycles. The summed E-state index contributed by atoms with van der Waals surface area (Å²) in [5, 5.41) is 9.51. The number of rotatable bonds is 4. The third-order valence-corrected chi connectivity index (χ3v) is 4.29. The van der Waals surface area contributed by atoms with Gasteiger partial charge in [0.25, 0.3) is 0 Å². The minimum atomic E-state index is -1.56. The first kappa shape index (κ1) is 17.0. The molecule has 0 heterocycles. The Bertz CT molecular complexity index is 482. The predicted molar refractivity (Wildman–Crippen MR) is 83.0 cm³/mol. The first-order chi connectivity index (χ1) is 8.68. The van der Waals surface area contributed by atoms with Crippen molar-refractivity contribution in [2.24, 2.45) is 0 Å². The Kier molecular flexibility index (Phi) is 5.87. The van der Waals surface area contributed by atoms with E-state index in [2.05, 4.69) is 0 Å². The van der Waals surface area contributed by atoms with Crippen LogP contribution in [-0.4, -0.2) is 16.3 Å². The summed E-state index contributed by atoms with van der Waals surface area (Å²) in [5.74, 6) is -0.960. The maximum atomic E-state index is 11.3. The number of carboxylic acids is 1. The summed E-state index contributed by atoms with van der Waals surface area (Å²) in [6.45, 7) is 5.92. The summed E-state index contributed by atoms with van der Waals surface area (Å²) < 4.78 is -1.56. The highest BCUT2D eigenvalue weighted by atomic mass is 35.6. The smallest absolute Gasteiger partial charge is 0.336 e. The molecule has 0 aromatic heterocycles. The van der Waals surface area contributed by atoms with E-state index in [9.17, 15) is 9.90 Å². The Morgan fingerprint density at radius 1 is 1.37 bits per heavy atom. The van der Waals surface area contributed by atoms with Gasteiger partial charge in [0.05, 0.1) is 5.56 Å². The largest absolute Gasteiger partial charge is 0.478 e. The lowest BCUT2D eigenvalue weighted by molar-refractivity contribution is 0.0695. The lowest BCUT2D eigenvalue weighted by Crippen LogP contribution is -2.11. The molecule has 0 saturated heterocycles. The number of hydrogen-bond acceptors (Lipinski definition) is 2. The van der Waals surface area contributed by atoms with E-state index in [4.69, 9.17) is 34.8 Å². The number of aromatic carboxylic acids is 1. The highest BCUT2D eigenvalue weighted by Crippen LogP contribution is 2.45. The normalized spacial score (nSPS) is 11.9. The Hall–Kier alpha value is -0.0900. The zero-order valence-corrected chi connectivity index (χ0v) is 13.9. The van der Waals surface area contributed by atoms with Gasteiger partial charge in [-0.2, -0.15) is 0 Å². The summed E-state index contributed by atoms with van der Waals surface area (Å²) in [7, 11) is 0. The lowest BCUT2D eigenvalue weighted by atomic mass is 10.0. The third kappa shape index (κ3) is 4.19. The highest BCUT2D eigenvalue weighted by Gasteiger charge is 2.29. The molecule has 0 aliphatic carbocycles. The van der Waals surface area contributed by atoms with Gasteiger partial charge in [-0.1, -0.05) is 61.6 Å². The van der Waals surface area contributed by atoms with Gasteiger partial charge in [-0.05, 0) is 18.1 Å².